The van der Waals surface area contributed by atoms with Gasteiger partial charge in [-0.2, -0.15) is 0 Å². The van der Waals surface area contributed by atoms with Crippen LogP contribution in [0.3, 0.4) is 0 Å². The smallest absolute Gasteiger partial charge is 0.303 e. The third-order valence-corrected chi connectivity index (χ3v) is 3.02. The van der Waals surface area contributed by atoms with Crippen LogP contribution >= 0.6 is 11.6 Å². The number of aryl methyl sites for hydroxylation is 2. The van der Waals surface area contributed by atoms with Crippen LogP contribution in [-0.2, 0) is 11.2 Å². The lowest BCUT2D eigenvalue weighted by atomic mass is 10.1. The van der Waals surface area contributed by atoms with Gasteiger partial charge in [0.25, 0.3) is 5.56 Å². The number of aromatic nitrogens is 1. The standard InChI is InChI=1S/C13H12ClNO3/c1-7-4-10(14)6-9-5-8(2-3-11(16)17)13(18)15-12(7)9/h4-6H,2-3H2,1H3,(H,15,18)(H,16,17). The highest BCUT2D eigenvalue weighted by Crippen LogP contribution is 2.21. The van der Waals surface area contributed by atoms with Crippen molar-refractivity contribution in [2.24, 2.45) is 0 Å². The average Bonchev–Trinajstić information content (AvgIpc) is 2.27. The van der Waals surface area contributed by atoms with Gasteiger partial charge in [0, 0.05) is 22.4 Å². The molecule has 2 aromatic rings. The lowest BCUT2D eigenvalue weighted by Gasteiger charge is -2.05. The van der Waals surface area contributed by atoms with Crippen molar-refractivity contribution < 1.29 is 9.90 Å². The highest BCUT2D eigenvalue weighted by molar-refractivity contribution is 6.31. The van der Waals surface area contributed by atoms with Crippen molar-refractivity contribution in [3.63, 3.8) is 0 Å². The van der Waals surface area contributed by atoms with Crippen molar-refractivity contribution in [3.8, 4) is 0 Å². The summed E-state index contributed by atoms with van der Waals surface area (Å²) < 4.78 is 0. The summed E-state index contributed by atoms with van der Waals surface area (Å²) in [5, 5.41) is 10.0. The van der Waals surface area contributed by atoms with E-state index in [2.05, 4.69) is 4.98 Å². The Morgan fingerprint density at radius 3 is 2.78 bits per heavy atom. The van der Waals surface area contributed by atoms with Gasteiger partial charge in [-0.1, -0.05) is 11.6 Å². The van der Waals surface area contributed by atoms with E-state index in [9.17, 15) is 9.59 Å². The van der Waals surface area contributed by atoms with E-state index in [-0.39, 0.29) is 18.4 Å². The molecule has 0 radical (unpaired) electrons. The van der Waals surface area contributed by atoms with Crippen LogP contribution in [0, 0.1) is 6.92 Å². The molecule has 0 amide bonds. The SMILES string of the molecule is Cc1cc(Cl)cc2cc(CCC(=O)O)c(=O)[nH]c12. The molecule has 2 N–H and O–H groups in total. The number of hydrogen-bond donors (Lipinski definition) is 2. The van der Waals surface area contributed by atoms with E-state index in [1.54, 1.807) is 18.2 Å². The van der Waals surface area contributed by atoms with Crippen molar-refractivity contribution in [2.75, 3.05) is 0 Å². The van der Waals surface area contributed by atoms with Crippen LogP contribution in [0.1, 0.15) is 17.5 Å². The third-order valence-electron chi connectivity index (χ3n) is 2.80. The zero-order valence-electron chi connectivity index (χ0n) is 9.79. The first kappa shape index (κ1) is 12.6. The summed E-state index contributed by atoms with van der Waals surface area (Å²) >= 11 is 5.96. The Bertz CT molecular complexity index is 676. The maximum atomic E-state index is 11.8. The minimum atomic E-state index is -0.920. The molecule has 1 aromatic carbocycles. The molecule has 0 aliphatic heterocycles. The topological polar surface area (TPSA) is 70.2 Å². The Morgan fingerprint density at radius 1 is 1.39 bits per heavy atom. The van der Waals surface area contributed by atoms with E-state index in [0.29, 0.717) is 10.6 Å². The lowest BCUT2D eigenvalue weighted by Crippen LogP contribution is -2.14. The van der Waals surface area contributed by atoms with Crippen LogP contribution < -0.4 is 5.56 Å². The fourth-order valence-corrected chi connectivity index (χ4v) is 2.21. The number of aromatic amines is 1. The van der Waals surface area contributed by atoms with Crippen molar-refractivity contribution in [1.82, 2.24) is 4.98 Å². The summed E-state index contributed by atoms with van der Waals surface area (Å²) in [4.78, 5) is 25.1. The van der Waals surface area contributed by atoms with E-state index in [1.165, 1.54) is 0 Å². The molecule has 4 nitrogen and oxygen atoms in total. The van der Waals surface area contributed by atoms with Crippen LogP contribution in [0.25, 0.3) is 10.9 Å². The normalized spacial score (nSPS) is 10.8. The molecule has 0 aliphatic carbocycles. The molecule has 0 aliphatic rings. The predicted molar refractivity (Wildman–Crippen MR) is 70.3 cm³/mol. The second-order valence-electron chi connectivity index (χ2n) is 4.20. The first-order valence-corrected chi connectivity index (χ1v) is 5.89. The maximum Gasteiger partial charge on any atom is 0.303 e. The predicted octanol–water partition coefficient (Wildman–Crippen LogP) is 2.51. The molecule has 0 saturated carbocycles. The van der Waals surface area contributed by atoms with Crippen molar-refractivity contribution >= 4 is 28.5 Å². The number of pyridine rings is 1. The van der Waals surface area contributed by atoms with Gasteiger partial charge >= 0.3 is 5.97 Å². The molecular weight excluding hydrogens is 254 g/mol. The Hall–Kier alpha value is -1.81. The van der Waals surface area contributed by atoms with Gasteiger partial charge in [-0.05, 0) is 37.1 Å². The molecule has 18 heavy (non-hydrogen) atoms. The number of rotatable bonds is 3. The maximum absolute atomic E-state index is 11.8. The van der Waals surface area contributed by atoms with Gasteiger partial charge in [-0.3, -0.25) is 9.59 Å². The number of aliphatic carboxylic acids is 1. The molecule has 0 unspecified atom stereocenters. The Balaban J connectivity index is 2.54. The number of halogens is 1. The Morgan fingerprint density at radius 2 is 2.11 bits per heavy atom. The number of carboxylic acids is 1. The molecule has 5 heteroatoms. The van der Waals surface area contributed by atoms with Gasteiger partial charge < -0.3 is 10.1 Å². The molecule has 0 spiro atoms. The number of nitrogens with one attached hydrogen (secondary N) is 1. The second kappa shape index (κ2) is 4.82. The molecular formula is C13H12ClNO3. The quantitative estimate of drug-likeness (QED) is 0.896. The van der Waals surface area contributed by atoms with Gasteiger partial charge in [0.15, 0.2) is 0 Å². The number of carboxylic acid groups (broad SMARTS) is 1. The Labute approximate surface area is 108 Å². The number of benzene rings is 1. The molecule has 0 fully saturated rings. The fourth-order valence-electron chi connectivity index (χ4n) is 1.93. The van der Waals surface area contributed by atoms with Gasteiger partial charge in [-0.25, -0.2) is 0 Å². The zero-order chi connectivity index (χ0) is 13.3. The van der Waals surface area contributed by atoms with Crippen molar-refractivity contribution in [1.29, 1.82) is 0 Å². The zero-order valence-corrected chi connectivity index (χ0v) is 10.5. The van der Waals surface area contributed by atoms with E-state index in [1.807, 2.05) is 6.92 Å². The van der Waals surface area contributed by atoms with Crippen LogP contribution in [-0.4, -0.2) is 16.1 Å². The van der Waals surface area contributed by atoms with E-state index >= 15 is 0 Å². The molecule has 1 aromatic heterocycles. The van der Waals surface area contributed by atoms with Crippen LogP contribution in [0.5, 0.6) is 0 Å². The number of carbonyl (C=O) groups is 1. The lowest BCUT2D eigenvalue weighted by molar-refractivity contribution is -0.136. The molecule has 94 valence electrons. The van der Waals surface area contributed by atoms with E-state index < -0.39 is 5.97 Å². The molecule has 0 atom stereocenters. The number of H-pyrrole nitrogens is 1. The summed E-state index contributed by atoms with van der Waals surface area (Å²) in [5.74, 6) is -0.920. The Kier molecular flexibility index (Phi) is 3.39. The van der Waals surface area contributed by atoms with Gasteiger partial charge in [0.1, 0.15) is 0 Å². The summed E-state index contributed by atoms with van der Waals surface area (Å²) in [7, 11) is 0. The first-order chi connectivity index (χ1) is 8.47. The highest BCUT2D eigenvalue weighted by Gasteiger charge is 2.07. The van der Waals surface area contributed by atoms with Crippen LogP contribution in [0.15, 0.2) is 23.0 Å². The third kappa shape index (κ3) is 2.54. The monoisotopic (exact) mass is 265 g/mol. The van der Waals surface area contributed by atoms with Crippen LogP contribution in [0.4, 0.5) is 0 Å². The van der Waals surface area contributed by atoms with E-state index in [0.717, 1.165) is 16.5 Å². The van der Waals surface area contributed by atoms with Gasteiger partial charge in [0.05, 0.1) is 5.52 Å². The number of hydrogen-bond acceptors (Lipinski definition) is 2. The van der Waals surface area contributed by atoms with Crippen molar-refractivity contribution in [3.05, 3.63) is 44.7 Å². The van der Waals surface area contributed by atoms with E-state index in [4.69, 9.17) is 16.7 Å². The van der Waals surface area contributed by atoms with Gasteiger partial charge in [0.2, 0.25) is 0 Å². The molecule has 0 bridgehead atoms. The average molecular weight is 266 g/mol. The van der Waals surface area contributed by atoms with Gasteiger partial charge in [-0.15, -0.1) is 0 Å². The summed E-state index contributed by atoms with van der Waals surface area (Å²) in [5.41, 5.74) is 1.85. The largest absolute Gasteiger partial charge is 0.481 e. The summed E-state index contributed by atoms with van der Waals surface area (Å²) in [6.07, 6.45) is 0.153. The fraction of sp³-hybridized carbons (Fsp3) is 0.231. The highest BCUT2D eigenvalue weighted by atomic mass is 35.5. The van der Waals surface area contributed by atoms with Crippen LogP contribution in [0.2, 0.25) is 5.02 Å². The molecule has 1 heterocycles. The molecule has 2 rings (SSSR count). The number of fused-ring (bicyclic) bond motifs is 1. The summed E-state index contributed by atoms with van der Waals surface area (Å²) in [6.45, 7) is 1.86. The minimum Gasteiger partial charge on any atom is -0.481 e. The second-order valence-corrected chi connectivity index (χ2v) is 4.64. The van der Waals surface area contributed by atoms with Crippen molar-refractivity contribution in [2.45, 2.75) is 19.8 Å². The molecule has 0 saturated heterocycles. The summed E-state index contributed by atoms with van der Waals surface area (Å²) in [6, 6.07) is 5.23. The first-order valence-electron chi connectivity index (χ1n) is 5.51. The minimum absolute atomic E-state index is 0.0614.